The number of rotatable bonds is 5. The molecule has 0 saturated heterocycles. The summed E-state index contributed by atoms with van der Waals surface area (Å²) in [6.07, 6.45) is 0. The molecule has 0 spiro atoms. The minimum Gasteiger partial charge on any atom is -0.416 e. The molecule has 2 amide bonds. The van der Waals surface area contributed by atoms with Crippen LogP contribution in [0.3, 0.4) is 0 Å². The Morgan fingerprint density at radius 1 is 0.862 bits per heavy atom. The van der Waals surface area contributed by atoms with E-state index >= 15 is 0 Å². The average Bonchev–Trinajstić information content (AvgIpc) is 3.24. The van der Waals surface area contributed by atoms with Gasteiger partial charge in [0.05, 0.1) is 0 Å². The molecular weight excluding hydrogens is 371 g/mol. The fourth-order valence-corrected chi connectivity index (χ4v) is 2.77. The van der Waals surface area contributed by atoms with Crippen molar-refractivity contribution in [3.63, 3.8) is 0 Å². The van der Waals surface area contributed by atoms with Crippen molar-refractivity contribution in [1.82, 2.24) is 15.5 Å². The van der Waals surface area contributed by atoms with E-state index in [1.54, 1.807) is 30.3 Å². The molecule has 4 rings (SSSR count). The van der Waals surface area contributed by atoms with Crippen molar-refractivity contribution in [3.8, 4) is 22.9 Å². The predicted octanol–water partition coefficient (Wildman–Crippen LogP) is 4.86. The lowest BCUT2D eigenvalue weighted by molar-refractivity contribution is 0.251. The summed E-state index contributed by atoms with van der Waals surface area (Å²) < 4.78 is 19.0. The van der Waals surface area contributed by atoms with Crippen LogP contribution in [0, 0.1) is 5.82 Å². The summed E-state index contributed by atoms with van der Waals surface area (Å²) in [4.78, 5) is 12.1. The number of hydrogen-bond acceptors (Lipinski definition) is 4. The summed E-state index contributed by atoms with van der Waals surface area (Å²) in [7, 11) is 0. The number of carbonyl (C=O) groups excluding carboxylic acids is 1. The lowest BCUT2D eigenvalue weighted by Crippen LogP contribution is -2.28. The van der Waals surface area contributed by atoms with Crippen LogP contribution in [0.5, 0.6) is 0 Å². The van der Waals surface area contributed by atoms with Gasteiger partial charge in [-0.1, -0.05) is 36.4 Å². The summed E-state index contributed by atoms with van der Waals surface area (Å²) in [5.74, 6) is 0.436. The van der Waals surface area contributed by atoms with Gasteiger partial charge in [-0.05, 0) is 48.0 Å². The Morgan fingerprint density at radius 2 is 1.59 bits per heavy atom. The van der Waals surface area contributed by atoms with Gasteiger partial charge in [0.15, 0.2) is 0 Å². The number of urea groups is 1. The van der Waals surface area contributed by atoms with E-state index in [4.69, 9.17) is 4.42 Å². The van der Waals surface area contributed by atoms with E-state index in [-0.39, 0.29) is 12.4 Å². The minimum atomic E-state index is -0.401. The van der Waals surface area contributed by atoms with Crippen molar-refractivity contribution in [2.45, 2.75) is 6.54 Å². The van der Waals surface area contributed by atoms with Crippen molar-refractivity contribution in [2.24, 2.45) is 0 Å². The molecule has 2 N–H and O–H groups in total. The fraction of sp³-hybridized carbons (Fsp3) is 0.0455. The zero-order valence-corrected chi connectivity index (χ0v) is 15.3. The molecule has 0 aliphatic rings. The third-order valence-electron chi connectivity index (χ3n) is 4.16. The van der Waals surface area contributed by atoms with Crippen LogP contribution in [0.2, 0.25) is 0 Å². The molecule has 29 heavy (non-hydrogen) atoms. The van der Waals surface area contributed by atoms with Crippen LogP contribution >= 0.6 is 0 Å². The number of benzene rings is 3. The van der Waals surface area contributed by atoms with Gasteiger partial charge in [0.2, 0.25) is 11.8 Å². The van der Waals surface area contributed by atoms with Gasteiger partial charge in [-0.15, -0.1) is 10.2 Å². The van der Waals surface area contributed by atoms with Crippen LogP contribution in [0.1, 0.15) is 5.56 Å². The third-order valence-corrected chi connectivity index (χ3v) is 4.16. The Bertz CT molecular complexity index is 1130. The van der Waals surface area contributed by atoms with E-state index < -0.39 is 6.03 Å². The molecule has 3 aromatic carbocycles. The largest absolute Gasteiger partial charge is 0.416 e. The molecule has 0 atom stereocenters. The molecule has 144 valence electrons. The first-order valence-electron chi connectivity index (χ1n) is 8.96. The Kier molecular flexibility index (Phi) is 5.29. The first-order valence-corrected chi connectivity index (χ1v) is 8.96. The van der Waals surface area contributed by atoms with E-state index in [1.807, 2.05) is 36.4 Å². The highest BCUT2D eigenvalue weighted by atomic mass is 19.1. The Morgan fingerprint density at radius 3 is 2.38 bits per heavy atom. The highest BCUT2D eigenvalue weighted by Crippen LogP contribution is 2.25. The lowest BCUT2D eigenvalue weighted by atomic mass is 10.2. The predicted molar refractivity (Wildman–Crippen MR) is 107 cm³/mol. The SMILES string of the molecule is O=C(NCc1cccc(F)c1)Nc1cccc(-c2nnc(-c3ccccc3)o2)c1. The number of hydrogen-bond donors (Lipinski definition) is 2. The monoisotopic (exact) mass is 388 g/mol. The molecule has 6 nitrogen and oxygen atoms in total. The van der Waals surface area contributed by atoms with Gasteiger partial charge in [-0.25, -0.2) is 9.18 Å². The Balaban J connectivity index is 1.42. The van der Waals surface area contributed by atoms with Crippen LogP contribution < -0.4 is 10.6 Å². The molecule has 0 bridgehead atoms. The molecule has 7 heteroatoms. The lowest BCUT2D eigenvalue weighted by Gasteiger charge is -2.08. The topological polar surface area (TPSA) is 80.0 Å². The van der Waals surface area contributed by atoms with Gasteiger partial charge in [0.25, 0.3) is 0 Å². The maximum Gasteiger partial charge on any atom is 0.319 e. The molecule has 4 aromatic rings. The van der Waals surface area contributed by atoms with E-state index in [9.17, 15) is 9.18 Å². The second-order valence-electron chi connectivity index (χ2n) is 6.30. The second-order valence-corrected chi connectivity index (χ2v) is 6.30. The van der Waals surface area contributed by atoms with Crippen molar-refractivity contribution in [2.75, 3.05) is 5.32 Å². The third kappa shape index (κ3) is 4.65. The summed E-state index contributed by atoms with van der Waals surface area (Å²) in [5, 5.41) is 13.6. The maximum absolute atomic E-state index is 13.2. The first-order chi connectivity index (χ1) is 14.2. The number of nitrogens with zero attached hydrogens (tertiary/aromatic N) is 2. The van der Waals surface area contributed by atoms with Gasteiger partial charge in [-0.3, -0.25) is 0 Å². The maximum atomic E-state index is 13.2. The van der Waals surface area contributed by atoms with Crippen molar-refractivity contribution >= 4 is 11.7 Å². The number of aromatic nitrogens is 2. The molecule has 0 aliphatic carbocycles. The fourth-order valence-electron chi connectivity index (χ4n) is 2.77. The minimum absolute atomic E-state index is 0.216. The van der Waals surface area contributed by atoms with E-state index in [1.165, 1.54) is 12.1 Å². The van der Waals surface area contributed by atoms with Crippen LogP contribution in [0.4, 0.5) is 14.9 Å². The Labute approximate surface area is 166 Å². The van der Waals surface area contributed by atoms with Crippen molar-refractivity contribution in [3.05, 3.63) is 90.2 Å². The summed E-state index contributed by atoms with van der Waals surface area (Å²) >= 11 is 0. The van der Waals surface area contributed by atoms with E-state index in [0.29, 0.717) is 28.6 Å². The van der Waals surface area contributed by atoms with Gasteiger partial charge >= 0.3 is 6.03 Å². The summed E-state index contributed by atoms with van der Waals surface area (Å²) in [5.41, 5.74) is 2.76. The van der Waals surface area contributed by atoms with E-state index in [2.05, 4.69) is 20.8 Å². The standard InChI is InChI=1S/C22H17FN4O2/c23-18-10-4-6-15(12-18)14-24-22(28)25-19-11-5-9-17(13-19)21-27-26-20(29-21)16-7-2-1-3-8-16/h1-13H,14H2,(H2,24,25,28). The smallest absolute Gasteiger partial charge is 0.319 e. The van der Waals surface area contributed by atoms with Gasteiger partial charge in [-0.2, -0.15) is 0 Å². The number of anilines is 1. The first kappa shape index (κ1) is 18.4. The molecule has 0 aliphatic heterocycles. The highest BCUT2D eigenvalue weighted by Gasteiger charge is 2.11. The quantitative estimate of drug-likeness (QED) is 0.511. The number of nitrogens with one attached hydrogen (secondary N) is 2. The number of halogens is 1. The zero-order valence-electron chi connectivity index (χ0n) is 15.3. The number of carbonyl (C=O) groups is 1. The number of amides is 2. The van der Waals surface area contributed by atoms with Crippen molar-refractivity contribution < 1.29 is 13.6 Å². The average molecular weight is 388 g/mol. The Hall–Kier alpha value is -4.00. The summed E-state index contributed by atoms with van der Waals surface area (Å²) in [6.45, 7) is 0.216. The molecular formula is C22H17FN4O2. The molecule has 1 heterocycles. The van der Waals surface area contributed by atoms with Gasteiger partial charge in [0.1, 0.15) is 5.82 Å². The molecule has 0 radical (unpaired) electrons. The van der Waals surface area contributed by atoms with Crippen LogP contribution in [-0.4, -0.2) is 16.2 Å². The molecule has 1 aromatic heterocycles. The van der Waals surface area contributed by atoms with Crippen LogP contribution in [0.25, 0.3) is 22.9 Å². The zero-order chi connectivity index (χ0) is 20.1. The molecule has 0 fully saturated rings. The highest BCUT2D eigenvalue weighted by molar-refractivity contribution is 5.89. The van der Waals surface area contributed by atoms with E-state index in [0.717, 1.165) is 5.56 Å². The van der Waals surface area contributed by atoms with Crippen LogP contribution in [-0.2, 0) is 6.54 Å². The normalized spacial score (nSPS) is 10.5. The van der Waals surface area contributed by atoms with Crippen molar-refractivity contribution in [1.29, 1.82) is 0 Å². The summed E-state index contributed by atoms with van der Waals surface area (Å²) in [6, 6.07) is 22.2. The molecule has 0 unspecified atom stereocenters. The second kappa shape index (κ2) is 8.35. The van der Waals surface area contributed by atoms with Gasteiger partial charge in [0, 0.05) is 23.4 Å². The van der Waals surface area contributed by atoms with Crippen LogP contribution in [0.15, 0.2) is 83.3 Å². The van der Waals surface area contributed by atoms with Gasteiger partial charge < -0.3 is 15.1 Å². The molecule has 0 saturated carbocycles.